The maximum atomic E-state index is 11.0. The van der Waals surface area contributed by atoms with E-state index in [1.807, 2.05) is 0 Å². The fourth-order valence-electron chi connectivity index (χ4n) is 5.04. The van der Waals surface area contributed by atoms with Crippen molar-refractivity contribution in [1.82, 2.24) is 4.90 Å². The third-order valence-corrected chi connectivity index (χ3v) is 7.28. The number of phenols is 1. The van der Waals surface area contributed by atoms with Gasteiger partial charge in [-0.25, -0.2) is 0 Å². The minimum atomic E-state index is -0.183. The first kappa shape index (κ1) is 27.7. The number of rotatable bonds is 7. The highest BCUT2D eigenvalue weighted by atomic mass is 16.5. The summed E-state index contributed by atoms with van der Waals surface area (Å²) in [5, 5.41) is 11.0. The maximum absolute atomic E-state index is 11.0. The molecule has 0 aromatic heterocycles. The molecule has 0 spiro atoms. The van der Waals surface area contributed by atoms with Gasteiger partial charge in [0, 0.05) is 23.9 Å². The van der Waals surface area contributed by atoms with Crippen LogP contribution in [-0.2, 0) is 6.42 Å². The van der Waals surface area contributed by atoms with Crippen LogP contribution >= 0.6 is 0 Å². The van der Waals surface area contributed by atoms with Crippen LogP contribution in [0.2, 0.25) is 0 Å². The monoisotopic (exact) mass is 459 g/mol. The molecular formula is C29H51N2O2+. The SMILES string of the molecule is CCCCCc1cc2c(c(O)c1C)[C@@H]1C=C(C)CC[C@H]1C(C)(C)O2.CN(C)CC[N+](C)(C)C. The highest BCUT2D eigenvalue weighted by Crippen LogP contribution is 2.54. The van der Waals surface area contributed by atoms with Gasteiger partial charge in [0.15, 0.2) is 0 Å². The minimum Gasteiger partial charge on any atom is -0.507 e. The van der Waals surface area contributed by atoms with Gasteiger partial charge in [0.25, 0.3) is 0 Å². The van der Waals surface area contributed by atoms with E-state index < -0.39 is 0 Å². The van der Waals surface area contributed by atoms with Gasteiger partial charge in [-0.3, -0.25) is 0 Å². The molecule has 1 aromatic rings. The molecule has 1 aliphatic heterocycles. The molecule has 0 unspecified atom stereocenters. The predicted molar refractivity (Wildman–Crippen MR) is 141 cm³/mol. The summed E-state index contributed by atoms with van der Waals surface area (Å²) in [6.07, 6.45) is 9.28. The highest BCUT2D eigenvalue weighted by molar-refractivity contribution is 5.58. The molecule has 0 amide bonds. The summed E-state index contributed by atoms with van der Waals surface area (Å²) in [5.74, 6) is 2.09. The summed E-state index contributed by atoms with van der Waals surface area (Å²) in [7, 11) is 10.8. The molecule has 2 atom stereocenters. The van der Waals surface area contributed by atoms with Crippen molar-refractivity contribution in [3.05, 3.63) is 34.4 Å². The molecule has 0 saturated heterocycles. The van der Waals surface area contributed by atoms with Crippen LogP contribution in [0.4, 0.5) is 0 Å². The smallest absolute Gasteiger partial charge is 0.127 e. The Kier molecular flexibility index (Phi) is 9.47. The molecular weight excluding hydrogens is 408 g/mol. The van der Waals surface area contributed by atoms with Gasteiger partial charge >= 0.3 is 0 Å². The van der Waals surface area contributed by atoms with E-state index in [1.165, 1.54) is 43.5 Å². The Morgan fingerprint density at radius 2 is 1.82 bits per heavy atom. The molecule has 33 heavy (non-hydrogen) atoms. The van der Waals surface area contributed by atoms with Crippen LogP contribution < -0.4 is 4.74 Å². The molecule has 1 N–H and O–H groups in total. The largest absolute Gasteiger partial charge is 0.507 e. The normalized spacial score (nSPS) is 21.4. The predicted octanol–water partition coefficient (Wildman–Crippen LogP) is 6.30. The van der Waals surface area contributed by atoms with E-state index in [1.54, 1.807) is 0 Å². The Hall–Kier alpha value is -1.52. The average Bonchev–Trinajstić information content (AvgIpc) is 2.69. The Morgan fingerprint density at radius 3 is 2.36 bits per heavy atom. The number of allylic oxidation sites excluding steroid dienone is 2. The molecule has 0 saturated carbocycles. The van der Waals surface area contributed by atoms with E-state index in [9.17, 15) is 5.11 Å². The maximum Gasteiger partial charge on any atom is 0.127 e. The summed E-state index contributed by atoms with van der Waals surface area (Å²) >= 11 is 0. The highest BCUT2D eigenvalue weighted by Gasteiger charge is 2.45. The van der Waals surface area contributed by atoms with E-state index in [-0.39, 0.29) is 11.5 Å². The molecule has 4 nitrogen and oxygen atoms in total. The molecule has 0 bridgehead atoms. The van der Waals surface area contributed by atoms with E-state index >= 15 is 0 Å². The molecule has 3 rings (SSSR count). The number of hydrogen-bond acceptors (Lipinski definition) is 3. The molecule has 1 aliphatic carbocycles. The fraction of sp³-hybridized carbons (Fsp3) is 0.724. The van der Waals surface area contributed by atoms with Gasteiger partial charge in [0.2, 0.25) is 0 Å². The number of phenolic OH excluding ortho intramolecular Hbond substituents is 1. The summed E-state index contributed by atoms with van der Waals surface area (Å²) in [4.78, 5) is 2.21. The van der Waals surface area contributed by atoms with Crippen LogP contribution in [0.1, 0.15) is 82.4 Å². The first-order valence-electron chi connectivity index (χ1n) is 12.9. The van der Waals surface area contributed by atoms with Gasteiger partial charge in [-0.2, -0.15) is 0 Å². The standard InChI is InChI=1S/C22H32O2.C7H19N2/c1-6-7-8-9-16-13-19-20(21(23)15(16)3)17-12-14(2)10-11-18(17)22(4,5)24-19;1-8(2)6-7-9(3,4)5/h12-13,17-18,23H,6-11H2,1-5H3;6-7H2,1-5H3/q;+1/t17-,18-;/m1./s1. The summed E-state index contributed by atoms with van der Waals surface area (Å²) in [6, 6.07) is 2.20. The van der Waals surface area contributed by atoms with Crippen LogP contribution in [0.3, 0.4) is 0 Å². The lowest BCUT2D eigenvalue weighted by Crippen LogP contribution is -2.45. The van der Waals surface area contributed by atoms with Crippen LogP contribution in [-0.4, -0.2) is 68.4 Å². The third-order valence-electron chi connectivity index (χ3n) is 7.28. The second-order valence-electron chi connectivity index (χ2n) is 12.1. The van der Waals surface area contributed by atoms with E-state index in [4.69, 9.17) is 4.74 Å². The molecule has 1 aromatic carbocycles. The van der Waals surface area contributed by atoms with Crippen LogP contribution in [0.15, 0.2) is 17.7 Å². The van der Waals surface area contributed by atoms with E-state index in [2.05, 4.69) is 86.9 Å². The number of quaternary nitrogens is 1. The van der Waals surface area contributed by atoms with Gasteiger partial charge in [-0.15, -0.1) is 0 Å². The Balaban J connectivity index is 0.000000365. The third kappa shape index (κ3) is 7.48. The zero-order valence-corrected chi connectivity index (χ0v) is 23.2. The zero-order valence-electron chi connectivity index (χ0n) is 23.2. The lowest BCUT2D eigenvalue weighted by Gasteiger charge is -2.46. The van der Waals surface area contributed by atoms with Crippen LogP contribution in [0.5, 0.6) is 11.5 Å². The van der Waals surface area contributed by atoms with Crippen molar-refractivity contribution in [1.29, 1.82) is 0 Å². The van der Waals surface area contributed by atoms with Crippen molar-refractivity contribution in [2.45, 2.75) is 84.7 Å². The van der Waals surface area contributed by atoms with Gasteiger partial charge in [-0.1, -0.05) is 31.4 Å². The number of nitrogens with zero attached hydrogens (tertiary/aromatic N) is 2. The molecule has 1 heterocycles. The number of aromatic hydroxyl groups is 1. The van der Waals surface area contributed by atoms with Gasteiger partial charge in [0.05, 0.1) is 27.7 Å². The number of ether oxygens (including phenoxy) is 1. The second kappa shape index (κ2) is 11.3. The lowest BCUT2D eigenvalue weighted by atomic mass is 9.67. The van der Waals surface area contributed by atoms with Gasteiger partial charge in [-0.05, 0) is 84.7 Å². The van der Waals surface area contributed by atoms with Crippen molar-refractivity contribution in [3.8, 4) is 11.5 Å². The molecule has 2 aliphatic rings. The zero-order chi connectivity index (χ0) is 25.0. The number of benzene rings is 1. The Labute approximate surface area is 204 Å². The first-order valence-corrected chi connectivity index (χ1v) is 12.9. The summed E-state index contributed by atoms with van der Waals surface area (Å²) < 4.78 is 7.47. The molecule has 0 fully saturated rings. The molecule has 4 heteroatoms. The lowest BCUT2D eigenvalue weighted by molar-refractivity contribution is -0.869. The topological polar surface area (TPSA) is 32.7 Å². The molecule has 0 radical (unpaired) electrons. The van der Waals surface area contributed by atoms with Crippen molar-refractivity contribution < 1.29 is 14.3 Å². The number of fused-ring (bicyclic) bond motifs is 3. The number of hydrogen-bond donors (Lipinski definition) is 1. The van der Waals surface area contributed by atoms with Crippen LogP contribution in [0, 0.1) is 12.8 Å². The second-order valence-corrected chi connectivity index (χ2v) is 12.1. The molecule has 188 valence electrons. The minimum absolute atomic E-state index is 0.183. The van der Waals surface area contributed by atoms with E-state index in [0.29, 0.717) is 11.7 Å². The number of likely N-dealkylation sites (N-methyl/N-ethyl adjacent to an activating group) is 2. The van der Waals surface area contributed by atoms with Crippen molar-refractivity contribution in [2.24, 2.45) is 5.92 Å². The average molecular weight is 460 g/mol. The fourth-order valence-corrected chi connectivity index (χ4v) is 5.04. The van der Waals surface area contributed by atoms with Crippen molar-refractivity contribution >= 4 is 0 Å². The Morgan fingerprint density at radius 1 is 1.15 bits per heavy atom. The van der Waals surface area contributed by atoms with Gasteiger partial charge < -0.3 is 19.2 Å². The quantitative estimate of drug-likeness (QED) is 0.295. The number of unbranched alkanes of at least 4 members (excludes halogenated alkanes) is 2. The van der Waals surface area contributed by atoms with Crippen LogP contribution in [0.25, 0.3) is 0 Å². The van der Waals surface area contributed by atoms with Gasteiger partial charge in [0.1, 0.15) is 17.1 Å². The number of aryl methyl sites for hydroxylation is 1. The van der Waals surface area contributed by atoms with E-state index in [0.717, 1.165) is 40.6 Å². The summed E-state index contributed by atoms with van der Waals surface area (Å²) in [5.41, 5.74) is 4.56. The Bertz CT molecular complexity index is 818. The van der Waals surface area contributed by atoms with Crippen molar-refractivity contribution in [3.63, 3.8) is 0 Å². The van der Waals surface area contributed by atoms with Crippen molar-refractivity contribution in [2.75, 3.05) is 48.3 Å². The summed E-state index contributed by atoms with van der Waals surface area (Å²) in [6.45, 7) is 13.3. The first-order chi connectivity index (χ1) is 15.3.